The molecule has 0 bridgehead atoms. The predicted octanol–water partition coefficient (Wildman–Crippen LogP) is 5.41. The second kappa shape index (κ2) is 10.1. The van der Waals surface area contributed by atoms with Gasteiger partial charge in [-0.25, -0.2) is 9.37 Å². The fourth-order valence-electron chi connectivity index (χ4n) is 6.23. The fraction of sp³-hybridized carbons (Fsp3) is 0.552. The Labute approximate surface area is 212 Å². The zero-order valence-corrected chi connectivity index (χ0v) is 21.0. The highest BCUT2D eigenvalue weighted by Crippen LogP contribution is 2.48. The lowest BCUT2D eigenvalue weighted by molar-refractivity contribution is 0.0511. The van der Waals surface area contributed by atoms with E-state index in [4.69, 9.17) is 14.5 Å². The summed E-state index contributed by atoms with van der Waals surface area (Å²) >= 11 is 0. The Bertz CT molecular complexity index is 1150. The van der Waals surface area contributed by atoms with E-state index in [1.165, 1.54) is 18.1 Å². The lowest BCUT2D eigenvalue weighted by Gasteiger charge is -2.35. The van der Waals surface area contributed by atoms with Crippen molar-refractivity contribution in [1.29, 1.82) is 0 Å². The Kier molecular flexibility index (Phi) is 6.71. The number of halogens is 1. The van der Waals surface area contributed by atoms with Crippen LogP contribution in [0.15, 0.2) is 41.7 Å². The first-order valence-electron chi connectivity index (χ1n) is 13.5. The van der Waals surface area contributed by atoms with Gasteiger partial charge < -0.3 is 19.9 Å². The molecular weight excluding hydrogens is 457 g/mol. The SMILES string of the molecule is C[C@H]1CCc2ccc(CCCCO[C@@H]3CCN([C@H]4C(O)=C5CCO[C@@H]5c5ccc(F)cc54)C3)nc2N1. The zero-order valence-electron chi connectivity index (χ0n) is 21.0. The van der Waals surface area contributed by atoms with Gasteiger partial charge in [0.1, 0.15) is 23.5 Å². The quantitative estimate of drug-likeness (QED) is 0.503. The number of rotatable bonds is 7. The van der Waals surface area contributed by atoms with Gasteiger partial charge >= 0.3 is 0 Å². The number of hydrogen-bond donors (Lipinski definition) is 2. The molecule has 3 aliphatic heterocycles. The van der Waals surface area contributed by atoms with Crippen LogP contribution in [-0.4, -0.2) is 53.4 Å². The molecule has 2 fully saturated rings. The van der Waals surface area contributed by atoms with Crippen molar-refractivity contribution >= 4 is 5.82 Å². The molecule has 2 aromatic rings. The lowest BCUT2D eigenvalue weighted by Crippen LogP contribution is -2.33. The van der Waals surface area contributed by atoms with Crippen molar-refractivity contribution in [3.05, 3.63) is 69.9 Å². The first-order chi connectivity index (χ1) is 17.6. The molecule has 192 valence electrons. The van der Waals surface area contributed by atoms with Crippen LogP contribution in [0.3, 0.4) is 0 Å². The van der Waals surface area contributed by atoms with Crippen LogP contribution < -0.4 is 5.32 Å². The Morgan fingerprint density at radius 3 is 3.00 bits per heavy atom. The van der Waals surface area contributed by atoms with Crippen molar-refractivity contribution in [1.82, 2.24) is 9.88 Å². The molecule has 6 nitrogen and oxygen atoms in total. The maximum absolute atomic E-state index is 14.2. The summed E-state index contributed by atoms with van der Waals surface area (Å²) in [5.41, 5.74) is 5.22. The van der Waals surface area contributed by atoms with E-state index in [1.54, 1.807) is 6.07 Å². The number of unbranched alkanes of at least 4 members (excludes halogenated alkanes) is 1. The van der Waals surface area contributed by atoms with Crippen molar-refractivity contribution < 1.29 is 19.0 Å². The summed E-state index contributed by atoms with van der Waals surface area (Å²) in [6.07, 6.45) is 6.80. The molecule has 0 radical (unpaired) electrons. The standard InChI is InChI=1S/C29H36FN3O3/c1-18-5-6-19-7-9-21(32-29(19)31-18)4-2-3-14-35-22-11-13-33(17-22)26-25-16-20(30)8-10-23(25)28-24(27(26)34)12-15-36-28/h7-10,16,18,22,26,28,34H,2-6,11-15,17H2,1H3,(H,31,32)/t18-,22+,26+,28+/m0/s1. The molecule has 0 spiro atoms. The minimum Gasteiger partial charge on any atom is -0.510 e. The normalized spacial score (nSPS) is 27.5. The van der Waals surface area contributed by atoms with Gasteiger partial charge in [0.25, 0.3) is 0 Å². The van der Waals surface area contributed by atoms with Crippen molar-refractivity contribution in [3.8, 4) is 0 Å². The number of aliphatic hydroxyl groups excluding tert-OH is 1. The third kappa shape index (κ3) is 4.64. The summed E-state index contributed by atoms with van der Waals surface area (Å²) in [4.78, 5) is 7.07. The molecule has 2 saturated heterocycles. The largest absolute Gasteiger partial charge is 0.510 e. The highest BCUT2D eigenvalue weighted by molar-refractivity contribution is 5.48. The number of aromatic nitrogens is 1. The summed E-state index contributed by atoms with van der Waals surface area (Å²) in [6.45, 7) is 5.08. The Hall–Kier alpha value is -2.48. The number of hydrogen-bond acceptors (Lipinski definition) is 6. The van der Waals surface area contributed by atoms with E-state index in [1.807, 2.05) is 6.07 Å². The van der Waals surface area contributed by atoms with Crippen LogP contribution in [0.4, 0.5) is 10.2 Å². The number of nitrogens with zero attached hydrogens (tertiary/aromatic N) is 2. The van der Waals surface area contributed by atoms with Crippen LogP contribution in [0.5, 0.6) is 0 Å². The highest BCUT2D eigenvalue weighted by atomic mass is 19.1. The molecular formula is C29H36FN3O3. The molecule has 1 aromatic carbocycles. The molecule has 0 saturated carbocycles. The van der Waals surface area contributed by atoms with Crippen molar-refractivity contribution in [2.24, 2.45) is 0 Å². The number of pyridine rings is 1. The summed E-state index contributed by atoms with van der Waals surface area (Å²) in [5.74, 6) is 1.13. The molecule has 1 aromatic heterocycles. The van der Waals surface area contributed by atoms with Crippen LogP contribution in [0.1, 0.15) is 73.6 Å². The van der Waals surface area contributed by atoms with Gasteiger partial charge in [0.15, 0.2) is 0 Å². The molecule has 6 rings (SSSR count). The van der Waals surface area contributed by atoms with Crippen molar-refractivity contribution in [2.45, 2.75) is 76.2 Å². The molecule has 7 heteroatoms. The third-order valence-electron chi connectivity index (χ3n) is 8.17. The van der Waals surface area contributed by atoms with Crippen LogP contribution in [0.2, 0.25) is 0 Å². The van der Waals surface area contributed by atoms with Gasteiger partial charge in [-0.2, -0.15) is 0 Å². The topological polar surface area (TPSA) is 66.9 Å². The van der Waals surface area contributed by atoms with Gasteiger partial charge in [0, 0.05) is 37.0 Å². The monoisotopic (exact) mass is 493 g/mol. The molecule has 4 heterocycles. The number of aliphatic hydroxyl groups is 1. The maximum atomic E-state index is 14.2. The highest BCUT2D eigenvalue weighted by Gasteiger charge is 2.42. The lowest BCUT2D eigenvalue weighted by atomic mass is 9.84. The molecule has 4 aliphatic rings. The molecule has 0 amide bonds. The van der Waals surface area contributed by atoms with Crippen LogP contribution >= 0.6 is 0 Å². The average Bonchev–Trinajstić information content (AvgIpc) is 3.54. The average molecular weight is 494 g/mol. The summed E-state index contributed by atoms with van der Waals surface area (Å²) in [5, 5.41) is 14.7. The number of benzene rings is 1. The van der Waals surface area contributed by atoms with Gasteiger partial charge in [-0.05, 0) is 86.8 Å². The second-order valence-corrected chi connectivity index (χ2v) is 10.7. The minimum atomic E-state index is -0.316. The Morgan fingerprint density at radius 1 is 1.17 bits per heavy atom. The predicted molar refractivity (Wildman–Crippen MR) is 137 cm³/mol. The zero-order chi connectivity index (χ0) is 24.6. The maximum Gasteiger partial charge on any atom is 0.129 e. The van der Waals surface area contributed by atoms with Gasteiger partial charge in [0.2, 0.25) is 0 Å². The van der Waals surface area contributed by atoms with E-state index in [-0.39, 0.29) is 24.1 Å². The molecule has 0 unspecified atom stereocenters. The van der Waals surface area contributed by atoms with Gasteiger partial charge in [-0.1, -0.05) is 12.1 Å². The van der Waals surface area contributed by atoms with Gasteiger partial charge in [-0.3, -0.25) is 4.90 Å². The Balaban J connectivity index is 1.02. The van der Waals surface area contributed by atoms with E-state index in [2.05, 4.69) is 29.3 Å². The number of likely N-dealkylation sites (tertiary alicyclic amines) is 1. The molecule has 1 aliphatic carbocycles. The fourth-order valence-corrected chi connectivity index (χ4v) is 6.23. The Morgan fingerprint density at radius 2 is 2.08 bits per heavy atom. The van der Waals surface area contributed by atoms with E-state index < -0.39 is 0 Å². The molecule has 36 heavy (non-hydrogen) atoms. The summed E-state index contributed by atoms with van der Waals surface area (Å²) < 4.78 is 26.3. The van der Waals surface area contributed by atoms with E-state index in [0.29, 0.717) is 18.4 Å². The number of ether oxygens (including phenoxy) is 2. The number of fused-ring (bicyclic) bond motifs is 4. The number of nitrogens with one attached hydrogen (secondary N) is 1. The smallest absolute Gasteiger partial charge is 0.129 e. The van der Waals surface area contributed by atoms with Crippen LogP contribution in [-0.2, 0) is 22.3 Å². The van der Waals surface area contributed by atoms with E-state index >= 15 is 0 Å². The first kappa shape index (κ1) is 23.9. The molecule has 2 N–H and O–H groups in total. The minimum absolute atomic E-state index is 0.130. The van der Waals surface area contributed by atoms with Gasteiger partial charge in [0.05, 0.1) is 18.8 Å². The summed E-state index contributed by atoms with van der Waals surface area (Å²) in [7, 11) is 0. The van der Waals surface area contributed by atoms with E-state index in [9.17, 15) is 9.50 Å². The van der Waals surface area contributed by atoms with Crippen LogP contribution in [0.25, 0.3) is 0 Å². The van der Waals surface area contributed by atoms with Crippen molar-refractivity contribution in [2.75, 3.05) is 31.6 Å². The first-order valence-corrected chi connectivity index (χ1v) is 13.5. The number of anilines is 1. The van der Waals surface area contributed by atoms with Crippen LogP contribution in [0, 0.1) is 5.82 Å². The summed E-state index contributed by atoms with van der Waals surface area (Å²) in [6, 6.07) is 9.43. The number of aryl methyl sites for hydroxylation is 2. The van der Waals surface area contributed by atoms with Gasteiger partial charge in [-0.15, -0.1) is 0 Å². The second-order valence-electron chi connectivity index (χ2n) is 10.7. The molecule has 4 atom stereocenters. The van der Waals surface area contributed by atoms with E-state index in [0.717, 1.165) is 86.4 Å². The third-order valence-corrected chi connectivity index (χ3v) is 8.17. The van der Waals surface area contributed by atoms with Crippen molar-refractivity contribution in [3.63, 3.8) is 0 Å².